The molecule has 2 aliphatic heterocycles. The number of nitrogens with zero attached hydrogens (tertiary/aromatic N) is 2. The standard InChI is InChI=1S/C36H47N9O8/c37-36(38)39-16-4-8-26-31(49)34(52)44-27(19-22-6-2-1-3-7-22)32(50)42-24(18-23-10-13-25(47)14-11-23)12-15-30(48)40-20-28(41-21-46)35(53)45-17-5-9-29(45)33(51)43-26/h1-3,6-7,10-15,21,24,26-29,31,47,49H,4-5,8-9,16-20H2,(H,40,48)(H,41,46)(H,42,50)(H,43,51)(H,44,52)(H4,37,38,39)/t24-,26+,27-,28+,29+,31-/m1/s1. The van der Waals surface area contributed by atoms with Gasteiger partial charge >= 0.3 is 0 Å². The SMILES string of the molecule is NC(N)=NCCC[C@@H]1NC(=O)[C@@H]2CCCN2C(=O)[C@@H](NC=O)CNC(=O)C=C[C@H](Cc2ccc(O)cc2)NC(=O)[C@@H](Cc2ccccc2)NC(=O)[C@@H]1O. The molecule has 0 spiro atoms. The van der Waals surface area contributed by atoms with E-state index in [1.807, 2.05) is 0 Å². The lowest BCUT2D eigenvalue weighted by molar-refractivity contribution is -0.142. The van der Waals surface area contributed by atoms with Crippen LogP contribution in [0.5, 0.6) is 5.75 Å². The summed E-state index contributed by atoms with van der Waals surface area (Å²) in [5.74, 6) is -3.56. The van der Waals surface area contributed by atoms with Crippen molar-refractivity contribution in [1.29, 1.82) is 0 Å². The lowest BCUT2D eigenvalue weighted by Crippen LogP contribution is -2.59. The molecule has 1 saturated heterocycles. The Morgan fingerprint density at radius 1 is 0.925 bits per heavy atom. The van der Waals surface area contributed by atoms with Crippen molar-refractivity contribution in [3.8, 4) is 5.75 Å². The molecule has 0 aliphatic carbocycles. The van der Waals surface area contributed by atoms with Crippen LogP contribution in [0.4, 0.5) is 0 Å². The van der Waals surface area contributed by atoms with Crippen molar-refractivity contribution in [2.75, 3.05) is 19.6 Å². The molecule has 1 fully saturated rings. The van der Waals surface area contributed by atoms with Gasteiger partial charge in [-0.15, -0.1) is 0 Å². The predicted molar refractivity (Wildman–Crippen MR) is 194 cm³/mol. The van der Waals surface area contributed by atoms with Gasteiger partial charge < -0.3 is 53.2 Å². The number of benzene rings is 2. The molecule has 0 saturated carbocycles. The Balaban J connectivity index is 1.71. The second kappa shape index (κ2) is 19.6. The van der Waals surface area contributed by atoms with Crippen molar-refractivity contribution in [3.63, 3.8) is 0 Å². The van der Waals surface area contributed by atoms with E-state index in [-0.39, 0.29) is 63.4 Å². The van der Waals surface area contributed by atoms with Crippen molar-refractivity contribution in [2.45, 2.75) is 74.8 Å². The number of aliphatic hydroxyl groups is 1. The number of fused-ring (bicyclic) bond motifs is 1. The van der Waals surface area contributed by atoms with E-state index in [4.69, 9.17) is 11.5 Å². The molecule has 17 heteroatoms. The van der Waals surface area contributed by atoms with Crippen LogP contribution in [0, 0.1) is 0 Å². The van der Waals surface area contributed by atoms with Crippen LogP contribution < -0.4 is 38.1 Å². The second-order valence-corrected chi connectivity index (χ2v) is 12.9. The van der Waals surface area contributed by atoms with E-state index in [1.165, 1.54) is 29.2 Å². The summed E-state index contributed by atoms with van der Waals surface area (Å²) >= 11 is 0. The number of amides is 6. The Labute approximate surface area is 306 Å². The number of guanidine groups is 1. The van der Waals surface area contributed by atoms with Gasteiger partial charge in [-0.3, -0.25) is 33.8 Å². The normalized spacial score (nSPS) is 24.6. The zero-order valence-electron chi connectivity index (χ0n) is 29.1. The fraction of sp³-hybridized carbons (Fsp3) is 0.417. The molecule has 53 heavy (non-hydrogen) atoms. The van der Waals surface area contributed by atoms with E-state index < -0.39 is 65.8 Å². The maximum atomic E-state index is 14.0. The van der Waals surface area contributed by atoms with E-state index in [1.54, 1.807) is 42.5 Å². The van der Waals surface area contributed by atoms with E-state index >= 15 is 0 Å². The third-order valence-electron chi connectivity index (χ3n) is 8.95. The van der Waals surface area contributed by atoms with Gasteiger partial charge in [0.05, 0.1) is 12.1 Å². The smallest absolute Gasteiger partial charge is 0.251 e. The first-order valence-electron chi connectivity index (χ1n) is 17.4. The van der Waals surface area contributed by atoms with Gasteiger partial charge in [0.25, 0.3) is 5.91 Å². The highest BCUT2D eigenvalue weighted by Gasteiger charge is 2.39. The fourth-order valence-electron chi connectivity index (χ4n) is 6.21. The molecule has 11 N–H and O–H groups in total. The van der Waals surface area contributed by atoms with Crippen LogP contribution in [0.2, 0.25) is 0 Å². The van der Waals surface area contributed by atoms with Gasteiger partial charge in [0.2, 0.25) is 30.0 Å². The van der Waals surface area contributed by atoms with Gasteiger partial charge in [0.1, 0.15) is 23.9 Å². The van der Waals surface area contributed by atoms with Gasteiger partial charge in [0, 0.05) is 32.1 Å². The third kappa shape index (κ3) is 12.1. The molecule has 284 valence electrons. The molecule has 2 heterocycles. The molecular weight excluding hydrogens is 686 g/mol. The molecule has 2 aromatic carbocycles. The zero-order chi connectivity index (χ0) is 38.3. The van der Waals surface area contributed by atoms with E-state index in [9.17, 15) is 39.0 Å². The van der Waals surface area contributed by atoms with E-state index in [0.717, 1.165) is 0 Å². The molecule has 4 rings (SSSR count). The van der Waals surface area contributed by atoms with Crippen molar-refractivity contribution < 1.29 is 39.0 Å². The molecule has 2 aromatic rings. The molecule has 0 radical (unpaired) electrons. The minimum atomic E-state index is -1.84. The molecular formula is C36H47N9O8. The minimum absolute atomic E-state index is 0.0348. The highest BCUT2D eigenvalue weighted by molar-refractivity contribution is 5.94. The van der Waals surface area contributed by atoms with E-state index in [2.05, 4.69) is 31.6 Å². The number of carbonyl (C=O) groups excluding carboxylic acids is 6. The summed E-state index contributed by atoms with van der Waals surface area (Å²) in [6.45, 7) is 0.0228. The van der Waals surface area contributed by atoms with Crippen LogP contribution in [-0.4, -0.2) is 113 Å². The van der Waals surface area contributed by atoms with Crippen LogP contribution >= 0.6 is 0 Å². The number of aliphatic imine (C=N–C) groups is 1. The van der Waals surface area contributed by atoms with Crippen LogP contribution in [0.25, 0.3) is 0 Å². The number of nitrogens with two attached hydrogens (primary N) is 2. The average Bonchev–Trinajstić information content (AvgIpc) is 3.64. The predicted octanol–water partition coefficient (Wildman–Crippen LogP) is -2.16. The van der Waals surface area contributed by atoms with Gasteiger partial charge in [0.15, 0.2) is 12.1 Å². The Hall–Kier alpha value is -5.97. The Morgan fingerprint density at radius 2 is 1.64 bits per heavy atom. The number of hydrogen-bond donors (Lipinski definition) is 9. The minimum Gasteiger partial charge on any atom is -0.508 e. The number of nitrogens with one attached hydrogen (secondary N) is 5. The zero-order valence-corrected chi connectivity index (χ0v) is 29.1. The van der Waals surface area contributed by atoms with Crippen molar-refractivity contribution >= 4 is 41.9 Å². The topological polar surface area (TPSA) is 271 Å². The maximum absolute atomic E-state index is 14.0. The Morgan fingerprint density at radius 3 is 2.34 bits per heavy atom. The maximum Gasteiger partial charge on any atom is 0.251 e. The highest BCUT2D eigenvalue weighted by Crippen LogP contribution is 2.20. The Bertz CT molecular complexity index is 1650. The summed E-state index contributed by atoms with van der Waals surface area (Å²) in [5.41, 5.74) is 12.3. The first-order chi connectivity index (χ1) is 25.4. The van der Waals surface area contributed by atoms with E-state index in [0.29, 0.717) is 24.0 Å². The van der Waals surface area contributed by atoms with Crippen molar-refractivity contribution in [1.82, 2.24) is 31.5 Å². The summed E-state index contributed by atoms with van der Waals surface area (Å²) < 4.78 is 0. The summed E-state index contributed by atoms with van der Waals surface area (Å²) in [5, 5.41) is 34.4. The highest BCUT2D eigenvalue weighted by atomic mass is 16.3. The van der Waals surface area contributed by atoms with Crippen molar-refractivity contribution in [2.24, 2.45) is 16.5 Å². The molecule has 0 unspecified atom stereocenters. The van der Waals surface area contributed by atoms with Gasteiger partial charge in [-0.2, -0.15) is 0 Å². The molecule has 17 nitrogen and oxygen atoms in total. The average molecular weight is 734 g/mol. The summed E-state index contributed by atoms with van der Waals surface area (Å²) in [4.78, 5) is 84.7. The molecule has 0 aromatic heterocycles. The molecule has 6 amide bonds. The first-order valence-corrected chi connectivity index (χ1v) is 17.4. The van der Waals surface area contributed by atoms with Gasteiger partial charge in [-0.1, -0.05) is 48.5 Å². The number of phenolic OH excluding ortho intramolecular Hbond substituents is 1. The third-order valence-corrected chi connectivity index (χ3v) is 8.95. The van der Waals surface area contributed by atoms with Gasteiger partial charge in [-0.05, 0) is 55.4 Å². The number of phenols is 1. The van der Waals surface area contributed by atoms with Gasteiger partial charge in [-0.25, -0.2) is 0 Å². The Kier molecular flexibility index (Phi) is 14.7. The largest absolute Gasteiger partial charge is 0.508 e. The first kappa shape index (κ1) is 39.8. The second-order valence-electron chi connectivity index (χ2n) is 12.9. The quantitative estimate of drug-likeness (QED) is 0.0552. The summed E-state index contributed by atoms with van der Waals surface area (Å²) in [6, 6.07) is 9.76. The van der Waals surface area contributed by atoms with Crippen LogP contribution in [0.15, 0.2) is 71.7 Å². The lowest BCUT2D eigenvalue weighted by atomic mass is 10.0. The summed E-state index contributed by atoms with van der Waals surface area (Å²) in [7, 11) is 0. The molecule has 0 bridgehead atoms. The fourth-order valence-corrected chi connectivity index (χ4v) is 6.21. The van der Waals surface area contributed by atoms with Crippen LogP contribution in [0.3, 0.4) is 0 Å². The number of hydrogen-bond acceptors (Lipinski definition) is 9. The molecule has 2 aliphatic rings. The number of aliphatic hydroxyl groups excluding tert-OH is 1. The number of aromatic hydroxyl groups is 1. The number of carbonyl (C=O) groups is 6. The van der Waals surface area contributed by atoms with Crippen LogP contribution in [-0.2, 0) is 41.6 Å². The monoisotopic (exact) mass is 733 g/mol. The summed E-state index contributed by atoms with van der Waals surface area (Å²) in [6.07, 6.45) is 2.35. The lowest BCUT2D eigenvalue weighted by Gasteiger charge is -2.31. The number of rotatable bonds is 10. The molecule has 6 atom stereocenters. The van der Waals surface area contributed by atoms with Crippen LogP contribution in [0.1, 0.15) is 36.8 Å². The van der Waals surface area contributed by atoms with Crippen molar-refractivity contribution in [3.05, 3.63) is 77.9 Å².